The molecule has 0 radical (unpaired) electrons. The molecule has 56 valence electrons. The highest BCUT2D eigenvalue weighted by Gasteiger charge is 1.93. The van der Waals surface area contributed by atoms with Crippen molar-refractivity contribution in [2.24, 2.45) is 0 Å². The van der Waals surface area contributed by atoms with Gasteiger partial charge in [-0.05, 0) is 21.0 Å². The van der Waals surface area contributed by atoms with Crippen molar-refractivity contribution in [2.45, 2.75) is 13.2 Å². The third kappa shape index (κ3) is 7.88. The minimum absolute atomic E-state index is 0.588. The van der Waals surface area contributed by atoms with Gasteiger partial charge in [-0.1, -0.05) is 0 Å². The van der Waals surface area contributed by atoms with E-state index in [0.717, 1.165) is 6.54 Å². The van der Waals surface area contributed by atoms with Crippen LogP contribution >= 0.6 is 0 Å². The summed E-state index contributed by atoms with van der Waals surface area (Å²) in [6, 6.07) is 0. The van der Waals surface area contributed by atoms with Gasteiger partial charge in [0.05, 0.1) is 6.61 Å². The van der Waals surface area contributed by atoms with Gasteiger partial charge in [0, 0.05) is 6.54 Å². The molecule has 0 aromatic heterocycles. The Hall–Kier alpha value is -0.120. The Bertz CT molecular complexity index is 56.1. The number of rotatable bonds is 4. The number of hydrogen-bond acceptors (Lipinski definition) is 3. The van der Waals surface area contributed by atoms with Gasteiger partial charge in [0.15, 0.2) is 6.29 Å². The molecule has 0 bridgehead atoms. The van der Waals surface area contributed by atoms with Crippen molar-refractivity contribution < 1.29 is 9.84 Å². The molecule has 0 heterocycles. The number of nitrogens with zero attached hydrogens (tertiary/aromatic N) is 1. The largest absolute Gasteiger partial charge is 0.368 e. The number of ether oxygens (including phenoxy) is 1. The van der Waals surface area contributed by atoms with E-state index >= 15 is 0 Å². The van der Waals surface area contributed by atoms with Crippen LogP contribution in [0, 0.1) is 0 Å². The second-order valence-corrected chi connectivity index (χ2v) is 2.27. The smallest absolute Gasteiger partial charge is 0.151 e. The highest BCUT2D eigenvalue weighted by Crippen LogP contribution is 1.83. The van der Waals surface area contributed by atoms with E-state index in [-0.39, 0.29) is 0 Å². The van der Waals surface area contributed by atoms with Gasteiger partial charge in [0.1, 0.15) is 0 Å². The maximum absolute atomic E-state index is 8.62. The second-order valence-electron chi connectivity index (χ2n) is 2.27. The van der Waals surface area contributed by atoms with Crippen LogP contribution in [0.25, 0.3) is 0 Å². The van der Waals surface area contributed by atoms with Gasteiger partial charge in [-0.15, -0.1) is 0 Å². The van der Waals surface area contributed by atoms with Crippen molar-refractivity contribution in [3.8, 4) is 0 Å². The first-order valence-electron chi connectivity index (χ1n) is 3.07. The standard InChI is InChI=1S/C6H15NO2/c1-6(8)9-5-4-7(2)3/h6,8H,4-5H2,1-3H3/t6-/m1/s1. The topological polar surface area (TPSA) is 32.7 Å². The average Bonchev–Trinajstić information content (AvgIpc) is 1.63. The zero-order valence-electron chi connectivity index (χ0n) is 6.29. The van der Waals surface area contributed by atoms with E-state index in [4.69, 9.17) is 9.84 Å². The molecule has 0 fully saturated rings. The van der Waals surface area contributed by atoms with Crippen LogP contribution in [0.3, 0.4) is 0 Å². The summed E-state index contributed by atoms with van der Waals surface area (Å²) < 4.78 is 4.87. The summed E-state index contributed by atoms with van der Waals surface area (Å²) in [5.41, 5.74) is 0. The van der Waals surface area contributed by atoms with E-state index in [2.05, 4.69) is 0 Å². The fourth-order valence-electron chi connectivity index (χ4n) is 0.406. The quantitative estimate of drug-likeness (QED) is 0.544. The Morgan fingerprint density at radius 1 is 1.56 bits per heavy atom. The zero-order valence-corrected chi connectivity index (χ0v) is 6.29. The van der Waals surface area contributed by atoms with E-state index in [1.807, 2.05) is 19.0 Å². The molecule has 0 aliphatic heterocycles. The number of aliphatic hydroxyl groups excluding tert-OH is 1. The molecule has 9 heavy (non-hydrogen) atoms. The van der Waals surface area contributed by atoms with Crippen molar-refractivity contribution in [3.05, 3.63) is 0 Å². The SMILES string of the molecule is C[C@H](O)OCCN(C)C. The Labute approximate surface area is 56.2 Å². The van der Waals surface area contributed by atoms with Gasteiger partial charge in [-0.3, -0.25) is 0 Å². The molecule has 3 heteroatoms. The Morgan fingerprint density at radius 2 is 2.11 bits per heavy atom. The molecule has 1 N–H and O–H groups in total. The second kappa shape index (κ2) is 4.73. The molecule has 0 aliphatic carbocycles. The molecular weight excluding hydrogens is 118 g/mol. The molecule has 0 rings (SSSR count). The maximum atomic E-state index is 8.62. The number of hydrogen-bond donors (Lipinski definition) is 1. The minimum Gasteiger partial charge on any atom is -0.368 e. The molecule has 0 aliphatic rings. The van der Waals surface area contributed by atoms with Crippen molar-refractivity contribution in [3.63, 3.8) is 0 Å². The van der Waals surface area contributed by atoms with Crippen LogP contribution in [-0.4, -0.2) is 43.5 Å². The Kier molecular flexibility index (Phi) is 4.67. The fraction of sp³-hybridized carbons (Fsp3) is 1.00. The predicted octanol–water partition coefficient (Wildman–Crippen LogP) is -0.0971. The van der Waals surface area contributed by atoms with Gasteiger partial charge in [0.25, 0.3) is 0 Å². The van der Waals surface area contributed by atoms with Crippen molar-refractivity contribution in [1.82, 2.24) is 4.90 Å². The van der Waals surface area contributed by atoms with Crippen LogP contribution in [0.15, 0.2) is 0 Å². The fourth-order valence-corrected chi connectivity index (χ4v) is 0.406. The normalized spacial score (nSPS) is 14.3. The number of aliphatic hydroxyl groups is 1. The highest BCUT2D eigenvalue weighted by atomic mass is 16.6. The third-order valence-corrected chi connectivity index (χ3v) is 0.898. The Morgan fingerprint density at radius 3 is 2.44 bits per heavy atom. The molecule has 0 unspecified atom stereocenters. The van der Waals surface area contributed by atoms with Crippen LogP contribution in [0.5, 0.6) is 0 Å². The highest BCUT2D eigenvalue weighted by molar-refractivity contribution is 4.39. The first kappa shape index (κ1) is 8.88. The molecule has 0 saturated heterocycles. The number of likely N-dealkylation sites (N-methyl/N-ethyl adjacent to an activating group) is 1. The maximum Gasteiger partial charge on any atom is 0.151 e. The van der Waals surface area contributed by atoms with Crippen LogP contribution in [0.1, 0.15) is 6.92 Å². The van der Waals surface area contributed by atoms with Gasteiger partial charge in [0.2, 0.25) is 0 Å². The lowest BCUT2D eigenvalue weighted by Crippen LogP contribution is -2.20. The van der Waals surface area contributed by atoms with Crippen molar-refractivity contribution in [2.75, 3.05) is 27.2 Å². The monoisotopic (exact) mass is 133 g/mol. The summed E-state index contributed by atoms with van der Waals surface area (Å²) >= 11 is 0. The van der Waals surface area contributed by atoms with Crippen molar-refractivity contribution >= 4 is 0 Å². The molecule has 3 nitrogen and oxygen atoms in total. The summed E-state index contributed by atoms with van der Waals surface area (Å²) in [4.78, 5) is 2.00. The molecule has 0 aromatic carbocycles. The van der Waals surface area contributed by atoms with E-state index < -0.39 is 6.29 Å². The lowest BCUT2D eigenvalue weighted by Gasteiger charge is -2.10. The molecule has 0 aromatic rings. The van der Waals surface area contributed by atoms with E-state index in [1.54, 1.807) is 6.92 Å². The van der Waals surface area contributed by atoms with Crippen LogP contribution in [0.2, 0.25) is 0 Å². The summed E-state index contributed by atoms with van der Waals surface area (Å²) in [5.74, 6) is 0. The summed E-state index contributed by atoms with van der Waals surface area (Å²) in [6.45, 7) is 3.05. The molecule has 1 atom stereocenters. The first-order valence-corrected chi connectivity index (χ1v) is 3.07. The van der Waals surface area contributed by atoms with Gasteiger partial charge < -0.3 is 14.7 Å². The van der Waals surface area contributed by atoms with Crippen LogP contribution in [0.4, 0.5) is 0 Å². The van der Waals surface area contributed by atoms with E-state index in [1.165, 1.54) is 0 Å². The summed E-state index contributed by atoms with van der Waals surface area (Å²) in [7, 11) is 3.93. The summed E-state index contributed by atoms with van der Waals surface area (Å²) in [6.07, 6.45) is -0.634. The average molecular weight is 133 g/mol. The van der Waals surface area contributed by atoms with Crippen molar-refractivity contribution in [1.29, 1.82) is 0 Å². The van der Waals surface area contributed by atoms with E-state index in [9.17, 15) is 0 Å². The Balaban J connectivity index is 2.91. The van der Waals surface area contributed by atoms with Gasteiger partial charge in [-0.2, -0.15) is 0 Å². The third-order valence-electron chi connectivity index (χ3n) is 0.898. The van der Waals surface area contributed by atoms with Gasteiger partial charge >= 0.3 is 0 Å². The molecule has 0 saturated carbocycles. The summed E-state index contributed by atoms with van der Waals surface area (Å²) in [5, 5.41) is 8.62. The van der Waals surface area contributed by atoms with Gasteiger partial charge in [-0.25, -0.2) is 0 Å². The van der Waals surface area contributed by atoms with E-state index in [0.29, 0.717) is 6.61 Å². The first-order chi connectivity index (χ1) is 4.13. The lowest BCUT2D eigenvalue weighted by molar-refractivity contribution is -0.0874. The molecule has 0 spiro atoms. The lowest BCUT2D eigenvalue weighted by atomic mass is 10.6. The predicted molar refractivity (Wildman–Crippen MR) is 36.2 cm³/mol. The minimum atomic E-state index is -0.634. The molecule has 0 amide bonds. The molecular formula is C6H15NO2. The zero-order chi connectivity index (χ0) is 7.28. The van der Waals surface area contributed by atoms with Crippen LogP contribution < -0.4 is 0 Å². The van der Waals surface area contributed by atoms with Crippen LogP contribution in [-0.2, 0) is 4.74 Å².